The SMILES string of the molecule is NC(=O)CCSc1nnc(-c2cccnc2)n1Cc1ccccc1. The molecular weight excluding hydrogens is 322 g/mol. The van der Waals surface area contributed by atoms with Gasteiger partial charge in [0.05, 0.1) is 6.54 Å². The van der Waals surface area contributed by atoms with Crippen LogP contribution in [0.5, 0.6) is 0 Å². The lowest BCUT2D eigenvalue weighted by molar-refractivity contribution is -0.117. The van der Waals surface area contributed by atoms with Gasteiger partial charge in [-0.05, 0) is 17.7 Å². The highest BCUT2D eigenvalue weighted by molar-refractivity contribution is 7.99. The van der Waals surface area contributed by atoms with E-state index in [0.29, 0.717) is 18.7 Å². The monoisotopic (exact) mass is 339 g/mol. The van der Waals surface area contributed by atoms with Gasteiger partial charge in [0.2, 0.25) is 5.91 Å². The van der Waals surface area contributed by atoms with E-state index in [9.17, 15) is 4.79 Å². The number of hydrogen-bond acceptors (Lipinski definition) is 5. The zero-order chi connectivity index (χ0) is 16.8. The van der Waals surface area contributed by atoms with Crippen LogP contribution in [0, 0.1) is 0 Å². The Bertz CT molecular complexity index is 804. The molecule has 0 unspecified atom stereocenters. The number of carbonyl (C=O) groups is 1. The summed E-state index contributed by atoms with van der Waals surface area (Å²) in [5.74, 6) is 1.02. The number of carbonyl (C=O) groups excluding carboxylic acids is 1. The molecule has 0 fully saturated rings. The lowest BCUT2D eigenvalue weighted by Gasteiger charge is -2.10. The number of thioether (sulfide) groups is 1. The van der Waals surface area contributed by atoms with Crippen LogP contribution in [0.4, 0.5) is 0 Å². The van der Waals surface area contributed by atoms with E-state index in [0.717, 1.165) is 22.1 Å². The highest BCUT2D eigenvalue weighted by Gasteiger charge is 2.15. The number of aromatic nitrogens is 4. The first-order valence-corrected chi connectivity index (χ1v) is 8.51. The summed E-state index contributed by atoms with van der Waals surface area (Å²) >= 11 is 1.48. The molecule has 1 amide bonds. The van der Waals surface area contributed by atoms with E-state index in [1.165, 1.54) is 11.8 Å². The molecule has 2 heterocycles. The van der Waals surface area contributed by atoms with Crippen molar-refractivity contribution in [2.24, 2.45) is 5.73 Å². The maximum Gasteiger partial charge on any atom is 0.218 e. The summed E-state index contributed by atoms with van der Waals surface area (Å²) < 4.78 is 2.04. The van der Waals surface area contributed by atoms with Gasteiger partial charge in [0.25, 0.3) is 0 Å². The molecular formula is C17H17N5OS. The number of pyridine rings is 1. The summed E-state index contributed by atoms with van der Waals surface area (Å²) in [7, 11) is 0. The first kappa shape index (κ1) is 16.2. The van der Waals surface area contributed by atoms with Gasteiger partial charge in [0.15, 0.2) is 11.0 Å². The van der Waals surface area contributed by atoms with Crippen molar-refractivity contribution in [1.82, 2.24) is 19.7 Å². The van der Waals surface area contributed by atoms with Crippen LogP contribution in [0.1, 0.15) is 12.0 Å². The molecule has 3 aromatic rings. The maximum absolute atomic E-state index is 10.9. The van der Waals surface area contributed by atoms with E-state index in [1.807, 2.05) is 34.9 Å². The van der Waals surface area contributed by atoms with Gasteiger partial charge in [0.1, 0.15) is 0 Å². The van der Waals surface area contributed by atoms with Gasteiger partial charge in [-0.2, -0.15) is 0 Å². The Morgan fingerprint density at radius 3 is 2.67 bits per heavy atom. The second-order valence-corrected chi connectivity index (χ2v) is 6.25. The third-order valence-corrected chi connectivity index (χ3v) is 4.37. The van der Waals surface area contributed by atoms with E-state index < -0.39 is 0 Å². The molecule has 0 radical (unpaired) electrons. The molecule has 1 aromatic carbocycles. The number of amides is 1. The highest BCUT2D eigenvalue weighted by Crippen LogP contribution is 2.25. The second kappa shape index (κ2) is 7.74. The summed E-state index contributed by atoms with van der Waals surface area (Å²) in [4.78, 5) is 15.1. The van der Waals surface area contributed by atoms with Crippen molar-refractivity contribution in [3.63, 3.8) is 0 Å². The molecule has 0 saturated heterocycles. The molecule has 0 bridgehead atoms. The zero-order valence-corrected chi connectivity index (χ0v) is 13.8. The minimum Gasteiger partial charge on any atom is -0.370 e. The normalized spacial score (nSPS) is 10.7. The minimum atomic E-state index is -0.316. The lowest BCUT2D eigenvalue weighted by atomic mass is 10.2. The Morgan fingerprint density at radius 1 is 1.12 bits per heavy atom. The molecule has 122 valence electrons. The van der Waals surface area contributed by atoms with Crippen LogP contribution in [-0.2, 0) is 11.3 Å². The van der Waals surface area contributed by atoms with Crippen molar-refractivity contribution in [2.45, 2.75) is 18.1 Å². The van der Waals surface area contributed by atoms with E-state index in [1.54, 1.807) is 12.4 Å². The molecule has 0 atom stereocenters. The average molecular weight is 339 g/mol. The predicted molar refractivity (Wildman–Crippen MR) is 93.3 cm³/mol. The molecule has 0 aliphatic carbocycles. The molecule has 24 heavy (non-hydrogen) atoms. The second-order valence-electron chi connectivity index (χ2n) is 5.18. The van der Waals surface area contributed by atoms with Crippen LogP contribution in [-0.4, -0.2) is 31.4 Å². The number of nitrogens with two attached hydrogens (primary N) is 1. The van der Waals surface area contributed by atoms with Gasteiger partial charge in [-0.1, -0.05) is 42.1 Å². The topological polar surface area (TPSA) is 86.7 Å². The quantitative estimate of drug-likeness (QED) is 0.668. The summed E-state index contributed by atoms with van der Waals surface area (Å²) in [5.41, 5.74) is 7.27. The summed E-state index contributed by atoms with van der Waals surface area (Å²) in [6, 6.07) is 13.9. The van der Waals surface area contributed by atoms with Gasteiger partial charge in [-0.3, -0.25) is 14.3 Å². The molecule has 6 nitrogen and oxygen atoms in total. The lowest BCUT2D eigenvalue weighted by Crippen LogP contribution is -2.11. The summed E-state index contributed by atoms with van der Waals surface area (Å²) in [6.07, 6.45) is 3.80. The fourth-order valence-electron chi connectivity index (χ4n) is 2.26. The number of nitrogens with zero attached hydrogens (tertiary/aromatic N) is 4. The third-order valence-electron chi connectivity index (χ3n) is 3.40. The summed E-state index contributed by atoms with van der Waals surface area (Å²) in [5, 5.41) is 9.36. The van der Waals surface area contributed by atoms with Crippen molar-refractivity contribution < 1.29 is 4.79 Å². The molecule has 0 aliphatic heterocycles. The Kier molecular flexibility index (Phi) is 5.22. The van der Waals surface area contributed by atoms with E-state index in [-0.39, 0.29) is 5.91 Å². The van der Waals surface area contributed by atoms with Crippen molar-refractivity contribution in [3.05, 3.63) is 60.4 Å². The molecule has 2 aromatic heterocycles. The van der Waals surface area contributed by atoms with Gasteiger partial charge in [-0.15, -0.1) is 10.2 Å². The third kappa shape index (κ3) is 3.99. The fraction of sp³-hybridized carbons (Fsp3) is 0.176. The Balaban J connectivity index is 1.91. The first-order valence-electron chi connectivity index (χ1n) is 7.52. The Hall–Kier alpha value is -2.67. The van der Waals surface area contributed by atoms with E-state index >= 15 is 0 Å². The largest absolute Gasteiger partial charge is 0.370 e. The van der Waals surface area contributed by atoms with Crippen LogP contribution < -0.4 is 5.73 Å². The van der Waals surface area contributed by atoms with Gasteiger partial charge < -0.3 is 5.73 Å². The Morgan fingerprint density at radius 2 is 1.96 bits per heavy atom. The first-order chi connectivity index (χ1) is 11.7. The number of benzene rings is 1. The van der Waals surface area contributed by atoms with Crippen molar-refractivity contribution in [3.8, 4) is 11.4 Å². The summed E-state index contributed by atoms with van der Waals surface area (Å²) in [6.45, 7) is 0.650. The number of rotatable bonds is 7. The van der Waals surface area contributed by atoms with E-state index in [2.05, 4.69) is 27.3 Å². The van der Waals surface area contributed by atoms with Crippen molar-refractivity contribution in [2.75, 3.05) is 5.75 Å². The molecule has 0 saturated carbocycles. The van der Waals surface area contributed by atoms with Crippen LogP contribution in [0.15, 0.2) is 60.0 Å². The van der Waals surface area contributed by atoms with Crippen molar-refractivity contribution in [1.29, 1.82) is 0 Å². The van der Waals surface area contributed by atoms with Gasteiger partial charge in [-0.25, -0.2) is 0 Å². The number of primary amides is 1. The fourth-order valence-corrected chi connectivity index (χ4v) is 3.15. The van der Waals surface area contributed by atoms with Crippen LogP contribution >= 0.6 is 11.8 Å². The van der Waals surface area contributed by atoms with Crippen LogP contribution in [0.3, 0.4) is 0 Å². The Labute approximate surface area is 144 Å². The van der Waals surface area contributed by atoms with Gasteiger partial charge >= 0.3 is 0 Å². The van der Waals surface area contributed by atoms with Crippen LogP contribution in [0.25, 0.3) is 11.4 Å². The zero-order valence-electron chi connectivity index (χ0n) is 13.0. The van der Waals surface area contributed by atoms with Crippen molar-refractivity contribution >= 4 is 17.7 Å². The maximum atomic E-state index is 10.9. The van der Waals surface area contributed by atoms with E-state index in [4.69, 9.17) is 5.73 Å². The van der Waals surface area contributed by atoms with Crippen LogP contribution in [0.2, 0.25) is 0 Å². The molecule has 0 spiro atoms. The molecule has 0 aliphatic rings. The minimum absolute atomic E-state index is 0.311. The highest BCUT2D eigenvalue weighted by atomic mass is 32.2. The average Bonchev–Trinajstić information content (AvgIpc) is 2.99. The molecule has 3 rings (SSSR count). The van der Waals surface area contributed by atoms with Gasteiger partial charge in [0, 0.05) is 30.1 Å². The predicted octanol–water partition coefficient (Wildman–Crippen LogP) is 2.36. The molecule has 7 heteroatoms. The molecule has 2 N–H and O–H groups in total. The number of hydrogen-bond donors (Lipinski definition) is 1. The standard InChI is InChI=1S/C17H17N5OS/c18-15(23)8-10-24-17-21-20-16(14-7-4-9-19-11-14)22(17)12-13-5-2-1-3-6-13/h1-7,9,11H,8,10,12H2,(H2,18,23). The smallest absolute Gasteiger partial charge is 0.218 e.